The average Bonchev–Trinajstić information content (AvgIpc) is 3.39. The Balaban J connectivity index is 1.49. The van der Waals surface area contributed by atoms with E-state index in [1.807, 2.05) is 22.4 Å². The maximum absolute atomic E-state index is 12.2. The van der Waals surface area contributed by atoms with Gasteiger partial charge < -0.3 is 4.90 Å². The molecule has 0 spiro atoms. The van der Waals surface area contributed by atoms with Gasteiger partial charge >= 0.3 is 0 Å². The highest BCUT2D eigenvalue weighted by Gasteiger charge is 2.28. The fourth-order valence-corrected chi connectivity index (χ4v) is 5.66. The fraction of sp³-hybridized carbons (Fsp3) is 0.474. The zero-order valence-corrected chi connectivity index (χ0v) is 17.0. The van der Waals surface area contributed by atoms with Gasteiger partial charge in [-0.25, -0.2) is 13.4 Å². The molecule has 1 amide bonds. The van der Waals surface area contributed by atoms with Crippen LogP contribution in [-0.2, 0) is 27.7 Å². The van der Waals surface area contributed by atoms with Crippen molar-refractivity contribution in [3.05, 3.63) is 34.2 Å². The van der Waals surface area contributed by atoms with Crippen LogP contribution < -0.4 is 4.31 Å². The largest absolute Gasteiger partial charge is 0.342 e. The predicted octanol–water partition coefficient (Wildman–Crippen LogP) is 2.69. The van der Waals surface area contributed by atoms with Crippen LogP contribution in [0.4, 0.5) is 5.69 Å². The van der Waals surface area contributed by atoms with Gasteiger partial charge in [0.15, 0.2) is 0 Å². The summed E-state index contributed by atoms with van der Waals surface area (Å²) >= 11 is 1.62. The average molecular weight is 406 g/mol. The molecule has 27 heavy (non-hydrogen) atoms. The van der Waals surface area contributed by atoms with E-state index in [0.717, 1.165) is 59.9 Å². The van der Waals surface area contributed by atoms with Crippen molar-refractivity contribution >= 4 is 33.0 Å². The lowest BCUT2D eigenvalue weighted by Gasteiger charge is -2.18. The van der Waals surface area contributed by atoms with Crippen molar-refractivity contribution in [3.8, 4) is 11.3 Å². The molecule has 2 aromatic rings. The van der Waals surface area contributed by atoms with Crippen molar-refractivity contribution in [1.82, 2.24) is 9.88 Å². The lowest BCUT2D eigenvalue weighted by atomic mass is 10.1. The number of carbonyl (C=O) groups is 1. The van der Waals surface area contributed by atoms with E-state index in [0.29, 0.717) is 13.0 Å². The lowest BCUT2D eigenvalue weighted by Crippen LogP contribution is -2.30. The number of amides is 1. The summed E-state index contributed by atoms with van der Waals surface area (Å²) in [5.74, 6) is 0.361. The highest BCUT2D eigenvalue weighted by atomic mass is 32.2. The number of fused-ring (bicyclic) bond motifs is 1. The van der Waals surface area contributed by atoms with Crippen molar-refractivity contribution in [1.29, 1.82) is 0 Å². The maximum atomic E-state index is 12.2. The van der Waals surface area contributed by atoms with Gasteiger partial charge in [-0.1, -0.05) is 6.07 Å². The van der Waals surface area contributed by atoms with Crippen LogP contribution in [0.1, 0.15) is 30.3 Å². The molecule has 0 aliphatic carbocycles. The van der Waals surface area contributed by atoms with Gasteiger partial charge in [0, 0.05) is 43.4 Å². The maximum Gasteiger partial charge on any atom is 0.234 e. The number of rotatable bonds is 6. The predicted molar refractivity (Wildman–Crippen MR) is 108 cm³/mol. The first-order chi connectivity index (χ1) is 13.0. The summed E-state index contributed by atoms with van der Waals surface area (Å²) in [6, 6.07) is 5.90. The van der Waals surface area contributed by atoms with Gasteiger partial charge in [-0.05, 0) is 37.5 Å². The Bertz CT molecular complexity index is 968. The number of nitrogens with zero attached hydrogens (tertiary/aromatic N) is 3. The first-order valence-corrected chi connectivity index (χ1v) is 11.8. The normalized spacial score (nSPS) is 17.0. The molecule has 4 rings (SSSR count). The quantitative estimate of drug-likeness (QED) is 0.741. The Morgan fingerprint density at radius 3 is 2.81 bits per heavy atom. The highest BCUT2D eigenvalue weighted by molar-refractivity contribution is 7.92. The van der Waals surface area contributed by atoms with Gasteiger partial charge in [-0.15, -0.1) is 11.3 Å². The molecular weight excluding hydrogens is 382 g/mol. The van der Waals surface area contributed by atoms with E-state index in [1.54, 1.807) is 18.3 Å². The van der Waals surface area contributed by atoms with E-state index in [2.05, 4.69) is 6.07 Å². The fourth-order valence-electron chi connectivity index (χ4n) is 3.70. The molecule has 144 valence electrons. The zero-order valence-electron chi connectivity index (χ0n) is 15.3. The molecule has 0 saturated carbocycles. The Kier molecular flexibility index (Phi) is 4.94. The van der Waals surface area contributed by atoms with Gasteiger partial charge in [0.05, 0.1) is 22.1 Å². The van der Waals surface area contributed by atoms with Crippen molar-refractivity contribution in [3.63, 3.8) is 0 Å². The Morgan fingerprint density at radius 2 is 2.07 bits per heavy atom. The summed E-state index contributed by atoms with van der Waals surface area (Å²) < 4.78 is 25.9. The lowest BCUT2D eigenvalue weighted by molar-refractivity contribution is -0.127. The zero-order chi connectivity index (χ0) is 19.0. The third kappa shape index (κ3) is 3.60. The third-order valence-corrected chi connectivity index (χ3v) is 7.94. The Morgan fingerprint density at radius 1 is 1.22 bits per heavy atom. The molecule has 0 N–H and O–H groups in total. The number of thiazole rings is 1. The molecule has 1 fully saturated rings. The second-order valence-electron chi connectivity index (χ2n) is 6.93. The number of hydrogen-bond donors (Lipinski definition) is 0. The standard InChI is InChI=1S/C19H23N3O3S2/c1-2-27(24,25)22-11-7-15-12-14(5-6-17(15)22)16-13-26-18(20-16)8-10-21-9-3-4-19(21)23/h5-6,12-13H,2-4,7-11H2,1H3. The van der Waals surface area contributed by atoms with Gasteiger partial charge in [0.1, 0.15) is 0 Å². The van der Waals surface area contributed by atoms with Crippen molar-refractivity contribution < 1.29 is 13.2 Å². The molecule has 0 unspecified atom stereocenters. The third-order valence-electron chi connectivity index (χ3n) is 5.25. The molecule has 3 heterocycles. The SMILES string of the molecule is CCS(=O)(=O)N1CCc2cc(-c3csc(CCN4CCCC4=O)n3)ccc21. The molecule has 0 bridgehead atoms. The topological polar surface area (TPSA) is 70.6 Å². The van der Waals surface area contributed by atoms with Crippen LogP contribution in [0.3, 0.4) is 0 Å². The molecule has 2 aliphatic rings. The molecular formula is C19H23N3O3S2. The van der Waals surface area contributed by atoms with E-state index in [4.69, 9.17) is 4.98 Å². The van der Waals surface area contributed by atoms with Crippen LogP contribution in [0, 0.1) is 0 Å². The monoisotopic (exact) mass is 405 g/mol. The van der Waals surface area contributed by atoms with E-state index in [9.17, 15) is 13.2 Å². The summed E-state index contributed by atoms with van der Waals surface area (Å²) in [4.78, 5) is 18.4. The van der Waals surface area contributed by atoms with Crippen LogP contribution in [0.2, 0.25) is 0 Å². The van der Waals surface area contributed by atoms with Crippen molar-refractivity contribution in [2.45, 2.75) is 32.6 Å². The number of carbonyl (C=O) groups excluding carboxylic acids is 1. The van der Waals surface area contributed by atoms with Gasteiger partial charge in [-0.2, -0.15) is 0 Å². The van der Waals surface area contributed by atoms with Crippen LogP contribution in [0.5, 0.6) is 0 Å². The van der Waals surface area contributed by atoms with Crippen molar-refractivity contribution in [2.75, 3.05) is 29.7 Å². The number of aromatic nitrogens is 1. The Labute approximate surface area is 163 Å². The number of anilines is 1. The highest BCUT2D eigenvalue weighted by Crippen LogP contribution is 2.34. The van der Waals surface area contributed by atoms with Crippen LogP contribution in [-0.4, -0.2) is 49.6 Å². The molecule has 1 saturated heterocycles. The number of hydrogen-bond acceptors (Lipinski definition) is 5. The van der Waals surface area contributed by atoms with E-state index in [-0.39, 0.29) is 11.7 Å². The van der Waals surface area contributed by atoms with Crippen molar-refractivity contribution in [2.24, 2.45) is 0 Å². The summed E-state index contributed by atoms with van der Waals surface area (Å²) in [5.41, 5.74) is 3.79. The number of benzene rings is 1. The first kappa shape index (κ1) is 18.4. The summed E-state index contributed by atoms with van der Waals surface area (Å²) in [5, 5.41) is 3.07. The number of likely N-dealkylation sites (tertiary alicyclic amines) is 1. The van der Waals surface area contributed by atoms with Crippen LogP contribution >= 0.6 is 11.3 Å². The molecule has 1 aromatic carbocycles. The summed E-state index contributed by atoms with van der Waals surface area (Å²) in [6.07, 6.45) is 3.14. The molecule has 8 heteroatoms. The minimum Gasteiger partial charge on any atom is -0.342 e. The minimum absolute atomic E-state index is 0.114. The second kappa shape index (κ2) is 7.24. The second-order valence-corrected chi connectivity index (χ2v) is 10.1. The van der Waals surface area contributed by atoms with Crippen LogP contribution in [0.15, 0.2) is 23.6 Å². The smallest absolute Gasteiger partial charge is 0.234 e. The molecule has 2 aliphatic heterocycles. The van der Waals surface area contributed by atoms with Gasteiger partial charge in [0.25, 0.3) is 0 Å². The molecule has 1 aromatic heterocycles. The first-order valence-electron chi connectivity index (χ1n) is 9.34. The van der Waals surface area contributed by atoms with Gasteiger partial charge in [0.2, 0.25) is 15.9 Å². The summed E-state index contributed by atoms with van der Waals surface area (Å²) in [7, 11) is -3.22. The van der Waals surface area contributed by atoms with Gasteiger partial charge in [-0.3, -0.25) is 9.10 Å². The Hall–Kier alpha value is -1.93. The van der Waals surface area contributed by atoms with E-state index >= 15 is 0 Å². The van der Waals surface area contributed by atoms with E-state index in [1.165, 1.54) is 4.31 Å². The van der Waals surface area contributed by atoms with Crippen LogP contribution in [0.25, 0.3) is 11.3 Å². The molecule has 0 radical (unpaired) electrons. The minimum atomic E-state index is -3.22. The summed E-state index contributed by atoms with van der Waals surface area (Å²) in [6.45, 7) is 3.79. The van der Waals surface area contributed by atoms with E-state index < -0.39 is 10.0 Å². The molecule has 6 nitrogen and oxygen atoms in total. The molecule has 0 atom stereocenters. The number of sulfonamides is 1.